The molecule has 0 bridgehead atoms. The number of esters is 1. The first-order chi connectivity index (χ1) is 19.1. The first kappa shape index (κ1) is 29.9. The fraction of sp³-hybridized carbons (Fsp3) is 0.393. The minimum atomic E-state index is -1.18. The lowest BCUT2D eigenvalue weighted by Crippen LogP contribution is -2.50. The lowest BCUT2D eigenvalue weighted by Gasteiger charge is -2.24. The van der Waals surface area contributed by atoms with E-state index < -0.39 is 29.6 Å². The van der Waals surface area contributed by atoms with E-state index in [2.05, 4.69) is 26.3 Å². The van der Waals surface area contributed by atoms with Crippen molar-refractivity contribution in [2.24, 2.45) is 4.99 Å². The number of ether oxygens (including phenoxy) is 3. The molecule has 1 atom stereocenters. The molecule has 2 aromatic carbocycles. The molecule has 4 N–H and O–H groups in total. The van der Waals surface area contributed by atoms with Crippen LogP contribution in [0.3, 0.4) is 0 Å². The van der Waals surface area contributed by atoms with E-state index in [1.165, 1.54) is 12.1 Å². The summed E-state index contributed by atoms with van der Waals surface area (Å²) in [5.41, 5.74) is 0.262. The predicted octanol–water partition coefficient (Wildman–Crippen LogP) is 1.90. The molecule has 40 heavy (non-hydrogen) atoms. The van der Waals surface area contributed by atoms with E-state index in [0.717, 1.165) is 18.5 Å². The maximum absolute atomic E-state index is 12.7. The Morgan fingerprint density at radius 3 is 2.40 bits per heavy atom. The predicted molar refractivity (Wildman–Crippen MR) is 147 cm³/mol. The van der Waals surface area contributed by atoms with Crippen LogP contribution in [0.4, 0.5) is 4.79 Å². The number of nitrogens with one attached hydrogen (secondary N) is 4. The van der Waals surface area contributed by atoms with Crippen LogP contribution >= 0.6 is 0 Å². The Morgan fingerprint density at radius 2 is 1.75 bits per heavy atom. The summed E-state index contributed by atoms with van der Waals surface area (Å²) < 4.78 is 16.1. The molecule has 3 amide bonds. The molecule has 1 heterocycles. The van der Waals surface area contributed by atoms with Crippen LogP contribution < -0.4 is 26.0 Å². The fourth-order valence-electron chi connectivity index (χ4n) is 3.41. The Hall–Kier alpha value is -4.61. The van der Waals surface area contributed by atoms with E-state index in [4.69, 9.17) is 14.2 Å². The number of nitrogens with zero attached hydrogens (tertiary/aromatic N) is 1. The summed E-state index contributed by atoms with van der Waals surface area (Å²) in [6.45, 7) is 6.05. The number of hydrogen-bond acceptors (Lipinski definition) is 9. The SMILES string of the molecule is CC(C)(C)OC(=O)[C@H](CNC(=O)c1ccc(OCC(=O)NC2=NCCCN2)cc1)NC(=O)OCc1ccccc1. The third-order valence-corrected chi connectivity index (χ3v) is 5.30. The van der Waals surface area contributed by atoms with Gasteiger partial charge in [0, 0.05) is 25.2 Å². The zero-order chi connectivity index (χ0) is 29.0. The van der Waals surface area contributed by atoms with Crippen LogP contribution in [0.25, 0.3) is 0 Å². The summed E-state index contributed by atoms with van der Waals surface area (Å²) in [5, 5.41) is 10.7. The molecule has 2 aromatic rings. The highest BCUT2D eigenvalue weighted by Gasteiger charge is 2.28. The summed E-state index contributed by atoms with van der Waals surface area (Å²) in [4.78, 5) is 54.0. The van der Waals surface area contributed by atoms with Gasteiger partial charge in [-0.2, -0.15) is 0 Å². The molecule has 0 saturated heterocycles. The minimum absolute atomic E-state index is 0.0157. The summed E-state index contributed by atoms with van der Waals surface area (Å²) >= 11 is 0. The van der Waals surface area contributed by atoms with Crippen molar-refractivity contribution in [2.45, 2.75) is 45.4 Å². The van der Waals surface area contributed by atoms with Gasteiger partial charge in [-0.3, -0.25) is 19.9 Å². The molecule has 12 nitrogen and oxygen atoms in total. The Kier molecular flexibility index (Phi) is 10.9. The molecular weight excluding hydrogens is 518 g/mol. The Labute approximate surface area is 232 Å². The first-order valence-electron chi connectivity index (χ1n) is 12.9. The third-order valence-electron chi connectivity index (χ3n) is 5.30. The largest absolute Gasteiger partial charge is 0.484 e. The van der Waals surface area contributed by atoms with Gasteiger partial charge < -0.3 is 30.2 Å². The number of hydrogen-bond donors (Lipinski definition) is 4. The first-order valence-corrected chi connectivity index (χ1v) is 12.9. The third kappa shape index (κ3) is 10.6. The number of alkyl carbamates (subject to hydrolysis) is 1. The quantitative estimate of drug-likeness (QED) is 0.325. The van der Waals surface area contributed by atoms with Crippen LogP contribution in [0.15, 0.2) is 59.6 Å². The van der Waals surface area contributed by atoms with Gasteiger partial charge in [0.25, 0.3) is 11.8 Å². The van der Waals surface area contributed by atoms with Gasteiger partial charge in [-0.1, -0.05) is 30.3 Å². The van der Waals surface area contributed by atoms with Crippen molar-refractivity contribution < 1.29 is 33.4 Å². The normalized spacial score (nSPS) is 13.5. The standard InChI is InChI=1S/C28H35N5O7/c1-28(2,3)40-25(36)22(32-27(37)39-17-19-8-5-4-6-9-19)16-31-24(35)20-10-12-21(13-11-20)38-18-23(34)33-26-29-14-7-15-30-26/h4-6,8-13,22H,7,14-18H2,1-3H3,(H,31,35)(H,32,37)(H2,29,30,33,34)/t22-/m0/s1. The highest BCUT2D eigenvalue weighted by Crippen LogP contribution is 2.13. The summed E-state index contributed by atoms with van der Waals surface area (Å²) in [7, 11) is 0. The van der Waals surface area contributed by atoms with Gasteiger partial charge in [0.15, 0.2) is 12.6 Å². The molecule has 0 aromatic heterocycles. The van der Waals surface area contributed by atoms with E-state index in [-0.39, 0.29) is 31.2 Å². The topological polar surface area (TPSA) is 156 Å². The van der Waals surface area contributed by atoms with Crippen LogP contribution in [0, 0.1) is 0 Å². The lowest BCUT2D eigenvalue weighted by molar-refractivity contribution is -0.157. The number of carbonyl (C=O) groups excluding carboxylic acids is 4. The zero-order valence-corrected chi connectivity index (χ0v) is 22.8. The number of rotatable bonds is 10. The number of amides is 3. The number of guanidine groups is 1. The number of aliphatic imine (C=N–C) groups is 1. The van der Waals surface area contributed by atoms with Gasteiger partial charge in [0.1, 0.15) is 24.0 Å². The second kappa shape index (κ2) is 14.5. The zero-order valence-electron chi connectivity index (χ0n) is 22.8. The van der Waals surface area contributed by atoms with Crippen LogP contribution in [0.2, 0.25) is 0 Å². The van der Waals surface area contributed by atoms with Gasteiger partial charge in [-0.05, 0) is 57.0 Å². The molecule has 0 saturated carbocycles. The van der Waals surface area contributed by atoms with Crippen molar-refractivity contribution in [3.05, 3.63) is 65.7 Å². The van der Waals surface area contributed by atoms with Crippen LogP contribution in [0.1, 0.15) is 43.1 Å². The number of benzene rings is 2. The van der Waals surface area contributed by atoms with Crippen LogP contribution in [-0.2, 0) is 25.7 Å². The van der Waals surface area contributed by atoms with Gasteiger partial charge in [-0.25, -0.2) is 9.59 Å². The molecule has 1 aliphatic rings. The Bertz CT molecular complexity index is 1190. The second-order valence-electron chi connectivity index (χ2n) is 9.87. The van der Waals surface area contributed by atoms with Gasteiger partial charge in [-0.15, -0.1) is 0 Å². The monoisotopic (exact) mass is 553 g/mol. The summed E-state index contributed by atoms with van der Waals surface area (Å²) in [5.74, 6) is -0.757. The van der Waals surface area contributed by atoms with Gasteiger partial charge in [0.05, 0.1) is 0 Å². The fourth-order valence-corrected chi connectivity index (χ4v) is 3.41. The van der Waals surface area contributed by atoms with Crippen molar-refractivity contribution in [1.82, 2.24) is 21.3 Å². The number of carbonyl (C=O) groups is 4. The highest BCUT2D eigenvalue weighted by atomic mass is 16.6. The molecule has 0 spiro atoms. The van der Waals surface area contributed by atoms with E-state index >= 15 is 0 Å². The molecule has 0 aliphatic carbocycles. The van der Waals surface area contributed by atoms with Gasteiger partial charge >= 0.3 is 12.1 Å². The maximum Gasteiger partial charge on any atom is 0.408 e. The van der Waals surface area contributed by atoms with Crippen molar-refractivity contribution in [1.29, 1.82) is 0 Å². The molecule has 214 valence electrons. The molecule has 12 heteroatoms. The maximum atomic E-state index is 12.7. The Balaban J connectivity index is 1.51. The van der Waals surface area contributed by atoms with E-state index in [1.807, 2.05) is 18.2 Å². The average Bonchev–Trinajstić information content (AvgIpc) is 2.93. The highest BCUT2D eigenvalue weighted by molar-refractivity contribution is 5.98. The Morgan fingerprint density at radius 1 is 1.02 bits per heavy atom. The minimum Gasteiger partial charge on any atom is -0.484 e. The van der Waals surface area contributed by atoms with E-state index in [9.17, 15) is 19.2 Å². The summed E-state index contributed by atoms with van der Waals surface area (Å²) in [6, 6.07) is 14.0. The smallest absolute Gasteiger partial charge is 0.408 e. The van der Waals surface area contributed by atoms with E-state index in [0.29, 0.717) is 18.3 Å². The summed E-state index contributed by atoms with van der Waals surface area (Å²) in [6.07, 6.45) is 0.0840. The average molecular weight is 554 g/mol. The molecule has 1 aliphatic heterocycles. The molecular formula is C28H35N5O7. The molecule has 0 unspecified atom stereocenters. The van der Waals surface area contributed by atoms with Crippen molar-refractivity contribution in [2.75, 3.05) is 26.2 Å². The van der Waals surface area contributed by atoms with Crippen molar-refractivity contribution >= 4 is 29.8 Å². The van der Waals surface area contributed by atoms with Gasteiger partial charge in [0.2, 0.25) is 0 Å². The second-order valence-corrected chi connectivity index (χ2v) is 9.87. The van der Waals surface area contributed by atoms with Crippen molar-refractivity contribution in [3.8, 4) is 5.75 Å². The lowest BCUT2D eigenvalue weighted by atomic mass is 10.1. The molecule has 3 rings (SSSR count). The molecule has 0 fully saturated rings. The van der Waals surface area contributed by atoms with Crippen LogP contribution in [-0.4, -0.2) is 67.7 Å². The van der Waals surface area contributed by atoms with E-state index in [1.54, 1.807) is 45.0 Å². The molecule has 0 radical (unpaired) electrons. The van der Waals surface area contributed by atoms with Crippen molar-refractivity contribution in [3.63, 3.8) is 0 Å². The van der Waals surface area contributed by atoms with Crippen LogP contribution in [0.5, 0.6) is 5.75 Å².